The first kappa shape index (κ1) is 17.8. The summed E-state index contributed by atoms with van der Waals surface area (Å²) in [5.41, 5.74) is 2.44. The summed E-state index contributed by atoms with van der Waals surface area (Å²) in [7, 11) is 0. The van der Waals surface area contributed by atoms with Crippen LogP contribution in [-0.4, -0.2) is 56.0 Å². The fraction of sp³-hybridized carbons (Fsp3) is 0.250. The number of hydrogen-bond donors (Lipinski definition) is 4. The van der Waals surface area contributed by atoms with Gasteiger partial charge in [0, 0.05) is 36.3 Å². The van der Waals surface area contributed by atoms with Gasteiger partial charge in [0.25, 0.3) is 11.8 Å². The van der Waals surface area contributed by atoms with E-state index in [-0.39, 0.29) is 34.9 Å². The third-order valence-corrected chi connectivity index (χ3v) is 4.95. The maximum absolute atomic E-state index is 12.7. The predicted molar refractivity (Wildman–Crippen MR) is 102 cm³/mol. The molecule has 0 spiro atoms. The molecule has 1 aliphatic rings. The standard InChI is InChI=1S/C20H20N4O4/c25-15-7-13(8-16(26)10-15)19(27)23-14-3-5-24(6-4-14)20(28)12-1-2-17-18(9-12)22-11-21-17/h1-2,7-11,14,25-26H,3-6H2,(H,21,22)(H,23,27). The summed E-state index contributed by atoms with van der Waals surface area (Å²) in [5.74, 6) is -0.737. The number of nitrogens with zero attached hydrogens (tertiary/aromatic N) is 2. The molecule has 1 aliphatic heterocycles. The first-order valence-electron chi connectivity index (χ1n) is 9.06. The zero-order chi connectivity index (χ0) is 19.7. The Labute approximate surface area is 160 Å². The molecule has 0 aliphatic carbocycles. The van der Waals surface area contributed by atoms with Gasteiger partial charge in [-0.05, 0) is 43.2 Å². The molecule has 4 rings (SSSR count). The van der Waals surface area contributed by atoms with Gasteiger partial charge in [-0.1, -0.05) is 0 Å². The molecule has 2 aromatic carbocycles. The van der Waals surface area contributed by atoms with E-state index in [0.717, 1.165) is 11.0 Å². The quantitative estimate of drug-likeness (QED) is 0.554. The van der Waals surface area contributed by atoms with Crippen LogP contribution in [0.1, 0.15) is 33.6 Å². The van der Waals surface area contributed by atoms with Gasteiger partial charge in [0.15, 0.2) is 0 Å². The van der Waals surface area contributed by atoms with Crippen molar-refractivity contribution in [3.05, 3.63) is 53.9 Å². The highest BCUT2D eigenvalue weighted by Crippen LogP contribution is 2.21. The molecule has 0 atom stereocenters. The summed E-state index contributed by atoms with van der Waals surface area (Å²) in [6.45, 7) is 1.08. The molecule has 0 unspecified atom stereocenters. The summed E-state index contributed by atoms with van der Waals surface area (Å²) in [6, 6.07) is 9.09. The van der Waals surface area contributed by atoms with Gasteiger partial charge in [0.1, 0.15) is 11.5 Å². The van der Waals surface area contributed by atoms with E-state index in [1.807, 2.05) is 6.07 Å². The summed E-state index contributed by atoms with van der Waals surface area (Å²) in [5, 5.41) is 21.9. The van der Waals surface area contributed by atoms with E-state index in [4.69, 9.17) is 0 Å². The second kappa shape index (κ2) is 7.22. The van der Waals surface area contributed by atoms with Crippen LogP contribution in [0, 0.1) is 0 Å². The minimum atomic E-state index is -0.360. The molecule has 3 aromatic rings. The Hall–Kier alpha value is -3.55. The van der Waals surface area contributed by atoms with Crippen LogP contribution in [0.5, 0.6) is 11.5 Å². The maximum atomic E-state index is 12.7. The molecule has 144 valence electrons. The SMILES string of the molecule is O=C(NC1CCN(C(=O)c2ccc3nc[nH]c3c2)CC1)c1cc(O)cc(O)c1. The number of rotatable bonds is 3. The number of aromatic nitrogens is 2. The van der Waals surface area contributed by atoms with Gasteiger partial charge in [-0.2, -0.15) is 0 Å². The van der Waals surface area contributed by atoms with Crippen LogP contribution in [0.25, 0.3) is 11.0 Å². The van der Waals surface area contributed by atoms with Crippen LogP contribution in [0.15, 0.2) is 42.7 Å². The second-order valence-electron chi connectivity index (χ2n) is 6.91. The minimum Gasteiger partial charge on any atom is -0.508 e. The first-order chi connectivity index (χ1) is 13.5. The number of hydrogen-bond acceptors (Lipinski definition) is 5. The molecule has 8 heteroatoms. The van der Waals surface area contributed by atoms with Gasteiger partial charge in [-0.25, -0.2) is 4.98 Å². The molecule has 2 amide bonds. The highest BCUT2D eigenvalue weighted by atomic mass is 16.3. The lowest BCUT2D eigenvalue weighted by molar-refractivity contribution is 0.0698. The van der Waals surface area contributed by atoms with Crippen LogP contribution in [0.3, 0.4) is 0 Å². The number of carbonyl (C=O) groups is 2. The predicted octanol–water partition coefficient (Wildman–Crippen LogP) is 2.01. The van der Waals surface area contributed by atoms with Crippen LogP contribution in [0.2, 0.25) is 0 Å². The van der Waals surface area contributed by atoms with Crippen molar-refractivity contribution in [2.75, 3.05) is 13.1 Å². The molecule has 8 nitrogen and oxygen atoms in total. The smallest absolute Gasteiger partial charge is 0.253 e. The Balaban J connectivity index is 1.36. The normalized spacial score (nSPS) is 14.9. The molecule has 4 N–H and O–H groups in total. The van der Waals surface area contributed by atoms with Crippen molar-refractivity contribution in [3.8, 4) is 11.5 Å². The molecule has 0 radical (unpaired) electrons. The largest absolute Gasteiger partial charge is 0.508 e. The Morgan fingerprint density at radius 1 is 1.04 bits per heavy atom. The van der Waals surface area contributed by atoms with E-state index >= 15 is 0 Å². The number of aromatic amines is 1. The van der Waals surface area contributed by atoms with E-state index in [1.165, 1.54) is 18.2 Å². The van der Waals surface area contributed by atoms with E-state index < -0.39 is 0 Å². The Kier molecular flexibility index (Phi) is 4.60. The number of fused-ring (bicyclic) bond motifs is 1. The molecule has 0 bridgehead atoms. The highest BCUT2D eigenvalue weighted by molar-refractivity contribution is 5.97. The summed E-state index contributed by atoms with van der Waals surface area (Å²) < 4.78 is 0. The lowest BCUT2D eigenvalue weighted by Crippen LogP contribution is -2.46. The van der Waals surface area contributed by atoms with Gasteiger partial charge < -0.3 is 25.4 Å². The van der Waals surface area contributed by atoms with Gasteiger partial charge in [0.2, 0.25) is 0 Å². The van der Waals surface area contributed by atoms with Gasteiger partial charge in [-0.15, -0.1) is 0 Å². The number of imidazole rings is 1. The number of aromatic hydroxyl groups is 2. The number of benzene rings is 2. The number of phenols is 2. The van der Waals surface area contributed by atoms with Crippen LogP contribution in [0.4, 0.5) is 0 Å². The van der Waals surface area contributed by atoms with Crippen molar-refractivity contribution < 1.29 is 19.8 Å². The summed E-state index contributed by atoms with van der Waals surface area (Å²) >= 11 is 0. The molecule has 0 saturated carbocycles. The van der Waals surface area contributed by atoms with Crippen LogP contribution >= 0.6 is 0 Å². The zero-order valence-corrected chi connectivity index (χ0v) is 15.1. The summed E-state index contributed by atoms with van der Waals surface area (Å²) in [4.78, 5) is 34.0. The minimum absolute atomic E-state index is 0.0424. The third kappa shape index (κ3) is 3.62. The van der Waals surface area contributed by atoms with E-state index in [0.29, 0.717) is 31.5 Å². The van der Waals surface area contributed by atoms with E-state index in [9.17, 15) is 19.8 Å². The van der Waals surface area contributed by atoms with Crippen molar-refractivity contribution in [3.63, 3.8) is 0 Å². The number of H-pyrrole nitrogens is 1. The van der Waals surface area contributed by atoms with Crippen molar-refractivity contribution in [1.82, 2.24) is 20.2 Å². The number of nitrogens with one attached hydrogen (secondary N) is 2. The Morgan fingerprint density at radius 2 is 1.75 bits per heavy atom. The average molecular weight is 380 g/mol. The summed E-state index contributed by atoms with van der Waals surface area (Å²) in [6.07, 6.45) is 2.86. The molecule has 1 aromatic heterocycles. The maximum Gasteiger partial charge on any atom is 0.253 e. The highest BCUT2D eigenvalue weighted by Gasteiger charge is 2.25. The molecular weight excluding hydrogens is 360 g/mol. The molecule has 1 saturated heterocycles. The molecule has 28 heavy (non-hydrogen) atoms. The molecular formula is C20H20N4O4. The average Bonchev–Trinajstić information content (AvgIpc) is 3.15. The molecule has 2 heterocycles. The van der Waals surface area contributed by atoms with Crippen molar-refractivity contribution in [2.45, 2.75) is 18.9 Å². The first-order valence-corrected chi connectivity index (χ1v) is 9.06. The second-order valence-corrected chi connectivity index (χ2v) is 6.91. The van der Waals surface area contributed by atoms with Crippen molar-refractivity contribution in [1.29, 1.82) is 0 Å². The Bertz CT molecular complexity index is 1020. The topological polar surface area (TPSA) is 119 Å². The number of likely N-dealkylation sites (tertiary alicyclic amines) is 1. The van der Waals surface area contributed by atoms with Gasteiger partial charge >= 0.3 is 0 Å². The number of phenolic OH excluding ortho intramolecular Hbond substituents is 2. The van der Waals surface area contributed by atoms with Crippen LogP contribution in [-0.2, 0) is 0 Å². The van der Waals surface area contributed by atoms with Crippen LogP contribution < -0.4 is 5.32 Å². The monoisotopic (exact) mass is 380 g/mol. The van der Waals surface area contributed by atoms with Crippen molar-refractivity contribution in [2.24, 2.45) is 0 Å². The van der Waals surface area contributed by atoms with Crippen molar-refractivity contribution >= 4 is 22.8 Å². The molecule has 1 fully saturated rings. The number of piperidine rings is 1. The third-order valence-electron chi connectivity index (χ3n) is 4.95. The van der Waals surface area contributed by atoms with Gasteiger partial charge in [0.05, 0.1) is 17.4 Å². The lowest BCUT2D eigenvalue weighted by atomic mass is 10.0. The van der Waals surface area contributed by atoms with Gasteiger partial charge in [-0.3, -0.25) is 9.59 Å². The van der Waals surface area contributed by atoms with E-state index in [1.54, 1.807) is 23.4 Å². The number of carbonyl (C=O) groups excluding carboxylic acids is 2. The van der Waals surface area contributed by atoms with E-state index in [2.05, 4.69) is 15.3 Å². The lowest BCUT2D eigenvalue weighted by Gasteiger charge is -2.32. The fourth-order valence-corrected chi connectivity index (χ4v) is 3.47. The Morgan fingerprint density at radius 3 is 2.46 bits per heavy atom. The number of amides is 2. The fourth-order valence-electron chi connectivity index (χ4n) is 3.47. The zero-order valence-electron chi connectivity index (χ0n) is 15.1.